The van der Waals surface area contributed by atoms with Crippen LogP contribution in [-0.4, -0.2) is 10.9 Å². The molecule has 242 valence electrons. The van der Waals surface area contributed by atoms with Crippen molar-refractivity contribution in [2.45, 2.75) is 129 Å². The maximum absolute atomic E-state index is 15.2. The van der Waals surface area contributed by atoms with E-state index in [2.05, 4.69) is 29.8 Å². The summed E-state index contributed by atoms with van der Waals surface area (Å²) >= 11 is 5.19. The smallest absolute Gasteiger partial charge is 0.199 e. The van der Waals surface area contributed by atoms with Gasteiger partial charge in [-0.05, 0) is 57.6 Å². The Bertz CT molecular complexity index is 1260. The molecule has 1 heterocycles. The topological polar surface area (TPSA) is 37.3 Å². The summed E-state index contributed by atoms with van der Waals surface area (Å²) in [6, 6.07) is 12.9. The second-order valence-electron chi connectivity index (χ2n) is 12.3. The molecule has 0 fully saturated rings. The van der Waals surface area contributed by atoms with Crippen molar-refractivity contribution in [2.75, 3.05) is 0 Å². The highest BCUT2D eigenvalue weighted by Crippen LogP contribution is 2.40. The summed E-state index contributed by atoms with van der Waals surface area (Å²) in [5.41, 5.74) is 1.41. The van der Waals surface area contributed by atoms with Crippen LogP contribution in [0.15, 0.2) is 52.3 Å². The molecule has 44 heavy (non-hydrogen) atoms. The molecule has 0 aliphatic carbocycles. The average molecular weight is 690 g/mol. The van der Waals surface area contributed by atoms with Crippen LogP contribution in [-0.2, 0) is 6.42 Å². The first-order valence-electron chi connectivity index (χ1n) is 16.9. The molecule has 1 aromatic heterocycles. The van der Waals surface area contributed by atoms with E-state index in [1.807, 2.05) is 6.07 Å². The summed E-state index contributed by atoms with van der Waals surface area (Å²) in [6.45, 7) is 4.50. The largest absolute Gasteiger partial charge is 0.380 e. The Morgan fingerprint density at radius 1 is 0.795 bits per heavy atom. The van der Waals surface area contributed by atoms with Crippen molar-refractivity contribution in [3.63, 3.8) is 0 Å². The molecule has 6 heteroatoms. The maximum Gasteiger partial charge on any atom is 0.199 e. The van der Waals surface area contributed by atoms with Crippen LogP contribution in [0.4, 0.5) is 8.78 Å². The molecule has 0 bridgehead atoms. The van der Waals surface area contributed by atoms with Gasteiger partial charge in [0.1, 0.15) is 6.10 Å². The number of aliphatic hydroxyl groups is 1. The normalized spacial score (nSPS) is 12.9. The molecule has 2 unspecified atom stereocenters. The second kappa shape index (κ2) is 20.3. The number of rotatable bonds is 22. The molecule has 0 amide bonds. The van der Waals surface area contributed by atoms with E-state index >= 15 is 4.39 Å². The van der Waals surface area contributed by atoms with E-state index in [1.165, 1.54) is 120 Å². The first-order chi connectivity index (χ1) is 21.4. The van der Waals surface area contributed by atoms with Crippen LogP contribution in [0.5, 0.6) is 0 Å². The number of thiophene rings is 1. The van der Waals surface area contributed by atoms with Gasteiger partial charge in [0.15, 0.2) is 17.4 Å². The Labute approximate surface area is 276 Å². The average Bonchev–Trinajstić information content (AvgIpc) is 3.40. The van der Waals surface area contributed by atoms with Gasteiger partial charge in [-0.15, -0.1) is 11.3 Å². The zero-order valence-corrected chi connectivity index (χ0v) is 29.1. The predicted octanol–water partition coefficient (Wildman–Crippen LogP) is 12.8. The van der Waals surface area contributed by atoms with Crippen LogP contribution < -0.4 is 0 Å². The third-order valence-electron chi connectivity index (χ3n) is 8.67. The Kier molecular flexibility index (Phi) is 16.9. The zero-order valence-electron chi connectivity index (χ0n) is 26.7. The number of ketones is 1. The summed E-state index contributed by atoms with van der Waals surface area (Å²) in [7, 11) is 0. The van der Waals surface area contributed by atoms with Gasteiger partial charge in [-0.25, -0.2) is 8.78 Å². The van der Waals surface area contributed by atoms with Crippen molar-refractivity contribution >= 4 is 33.0 Å². The lowest BCUT2D eigenvalue weighted by atomic mass is 9.89. The number of halogens is 3. The van der Waals surface area contributed by atoms with E-state index < -0.39 is 29.1 Å². The molecule has 0 aliphatic rings. The number of aliphatic hydroxyl groups excluding tert-OH is 1. The summed E-state index contributed by atoms with van der Waals surface area (Å²) in [5.74, 6) is -2.60. The van der Waals surface area contributed by atoms with Crippen LogP contribution in [0.2, 0.25) is 0 Å². The number of hydrogen-bond acceptors (Lipinski definition) is 3. The van der Waals surface area contributed by atoms with Gasteiger partial charge < -0.3 is 5.11 Å². The van der Waals surface area contributed by atoms with E-state index in [9.17, 15) is 14.3 Å². The van der Waals surface area contributed by atoms with Crippen LogP contribution in [0.3, 0.4) is 0 Å². The fourth-order valence-corrected chi connectivity index (χ4v) is 7.79. The van der Waals surface area contributed by atoms with Crippen LogP contribution in [0.25, 0.3) is 10.4 Å². The minimum absolute atomic E-state index is 0.316. The van der Waals surface area contributed by atoms with E-state index in [0.29, 0.717) is 21.9 Å². The van der Waals surface area contributed by atoms with Gasteiger partial charge in [0.2, 0.25) is 0 Å². The zero-order chi connectivity index (χ0) is 31.7. The minimum Gasteiger partial charge on any atom is -0.380 e. The van der Waals surface area contributed by atoms with Gasteiger partial charge >= 0.3 is 0 Å². The molecular weight excluding hydrogens is 638 g/mol. The third-order valence-corrected chi connectivity index (χ3v) is 10.7. The van der Waals surface area contributed by atoms with Crippen molar-refractivity contribution < 1.29 is 18.7 Å². The summed E-state index contributed by atoms with van der Waals surface area (Å²) in [5, 5.41) is 10.8. The number of unbranched alkanes of at least 4 members (excludes halogenated alkanes) is 12. The lowest BCUT2D eigenvalue weighted by Crippen LogP contribution is -2.16. The number of carbonyl (C=O) groups is 1. The molecule has 0 saturated carbocycles. The molecule has 2 nitrogen and oxygen atoms in total. The van der Waals surface area contributed by atoms with E-state index in [-0.39, 0.29) is 0 Å². The molecule has 0 aliphatic heterocycles. The maximum atomic E-state index is 15.2. The minimum atomic E-state index is -1.58. The monoisotopic (exact) mass is 688 g/mol. The summed E-state index contributed by atoms with van der Waals surface area (Å²) in [4.78, 5) is 14.1. The summed E-state index contributed by atoms with van der Waals surface area (Å²) < 4.78 is 30.6. The van der Waals surface area contributed by atoms with Gasteiger partial charge in [-0.3, -0.25) is 4.79 Å². The number of carbonyl (C=O) groups excluding carboxylic acids is 1. The Balaban J connectivity index is 1.74. The quantitative estimate of drug-likeness (QED) is 0.0842. The fourth-order valence-electron chi connectivity index (χ4n) is 6.04. The number of Topliss-reactive ketones (excluding diaryl/α,β-unsaturated/α-hetero) is 1. The third kappa shape index (κ3) is 11.5. The summed E-state index contributed by atoms with van der Waals surface area (Å²) in [6.07, 6.45) is 19.9. The Morgan fingerprint density at radius 2 is 1.34 bits per heavy atom. The van der Waals surface area contributed by atoms with Gasteiger partial charge in [0, 0.05) is 10.4 Å². The molecule has 3 rings (SSSR count). The highest BCUT2D eigenvalue weighted by molar-refractivity contribution is 9.11. The van der Waals surface area contributed by atoms with Crippen molar-refractivity contribution in [1.29, 1.82) is 0 Å². The highest BCUT2D eigenvalue weighted by Gasteiger charge is 2.28. The molecule has 2 aromatic carbocycles. The van der Waals surface area contributed by atoms with Gasteiger partial charge in [0.25, 0.3) is 0 Å². The van der Waals surface area contributed by atoms with Crippen molar-refractivity contribution in [3.8, 4) is 10.4 Å². The van der Waals surface area contributed by atoms with E-state index in [0.717, 1.165) is 21.8 Å². The van der Waals surface area contributed by atoms with Crippen molar-refractivity contribution in [3.05, 3.63) is 80.6 Å². The Hall–Kier alpha value is -1.89. The van der Waals surface area contributed by atoms with Crippen molar-refractivity contribution in [1.82, 2.24) is 0 Å². The lowest BCUT2D eigenvalue weighted by molar-refractivity contribution is 0.0743. The molecular formula is C38H51BrF2O2S. The molecule has 0 radical (unpaired) electrons. The SMILES string of the molecule is CCCCCCCCCCC(CCCCCCCC)Cc1cc(-c2ccc(F)c(F)c2C(=O)C(O)c2ccccc2)sc1Br. The van der Waals surface area contributed by atoms with Crippen LogP contribution in [0.1, 0.15) is 144 Å². The standard InChI is InChI=1S/C38H51BrF2O2S/c1-3-5-7-9-11-12-14-17-21-28(20-16-13-10-8-6-4-2)26-30-27-33(44-38(30)39)31-24-25-32(40)35(41)34(31)37(43)36(42)29-22-18-15-19-23-29/h15,18-19,22-25,27-28,36,42H,3-14,16-17,20-21,26H2,1-2H3. The number of hydrogen-bond donors (Lipinski definition) is 1. The van der Waals surface area contributed by atoms with Gasteiger partial charge in [-0.1, -0.05) is 147 Å². The van der Waals surface area contributed by atoms with E-state index in [4.69, 9.17) is 0 Å². The van der Waals surface area contributed by atoms with Crippen molar-refractivity contribution in [2.24, 2.45) is 5.92 Å². The molecule has 1 N–H and O–H groups in total. The molecule has 0 spiro atoms. The van der Waals surface area contributed by atoms with Gasteiger partial charge in [-0.2, -0.15) is 0 Å². The van der Waals surface area contributed by atoms with Crippen LogP contribution >= 0.6 is 27.3 Å². The lowest BCUT2D eigenvalue weighted by Gasteiger charge is -2.17. The predicted molar refractivity (Wildman–Crippen MR) is 186 cm³/mol. The van der Waals surface area contributed by atoms with E-state index in [1.54, 1.807) is 30.3 Å². The first kappa shape index (κ1) is 36.6. The first-order valence-corrected chi connectivity index (χ1v) is 18.5. The molecule has 3 aromatic rings. The second-order valence-corrected chi connectivity index (χ2v) is 14.6. The number of benzene rings is 2. The molecule has 2 atom stereocenters. The fraction of sp³-hybridized carbons (Fsp3) is 0.553. The van der Waals surface area contributed by atoms with Gasteiger partial charge in [0.05, 0.1) is 9.35 Å². The highest BCUT2D eigenvalue weighted by atomic mass is 79.9. The van der Waals surface area contributed by atoms with Crippen LogP contribution in [0, 0.1) is 17.6 Å². The molecule has 0 saturated heterocycles. The Morgan fingerprint density at radius 3 is 1.91 bits per heavy atom.